The summed E-state index contributed by atoms with van der Waals surface area (Å²) in [5.41, 5.74) is 11.8. The van der Waals surface area contributed by atoms with Crippen molar-refractivity contribution in [3.8, 4) is 16.9 Å². The molecule has 1 aliphatic carbocycles. The molecule has 7 heteroatoms. The van der Waals surface area contributed by atoms with E-state index in [0.717, 1.165) is 44.7 Å². The van der Waals surface area contributed by atoms with Gasteiger partial charge in [0.15, 0.2) is 10.8 Å². The van der Waals surface area contributed by atoms with E-state index in [2.05, 4.69) is 89.8 Å². The van der Waals surface area contributed by atoms with Gasteiger partial charge in [0.1, 0.15) is 10.6 Å². The van der Waals surface area contributed by atoms with Crippen LogP contribution in [0, 0.1) is 0 Å². The largest absolute Gasteiger partial charge is 0.497 e. The van der Waals surface area contributed by atoms with Gasteiger partial charge in [-0.3, -0.25) is 0 Å². The lowest BCUT2D eigenvalue weighted by atomic mass is 9.74. The molecule has 0 N–H and O–H groups in total. The molecular weight excluding hydrogens is 526 g/mol. The summed E-state index contributed by atoms with van der Waals surface area (Å²) in [6.07, 6.45) is 0. The highest BCUT2D eigenvalue weighted by Crippen LogP contribution is 2.72. The van der Waals surface area contributed by atoms with Crippen LogP contribution in [0.1, 0.15) is 11.1 Å². The van der Waals surface area contributed by atoms with E-state index in [0.29, 0.717) is 0 Å². The molecule has 41 heavy (non-hydrogen) atoms. The maximum atomic E-state index is 5.55. The summed E-state index contributed by atoms with van der Waals surface area (Å²) in [6, 6.07) is 45.6. The molecule has 2 atom stereocenters. The lowest BCUT2D eigenvalue weighted by Gasteiger charge is -2.47. The number of hydrogen-bond acceptors (Lipinski definition) is 4. The van der Waals surface area contributed by atoms with Crippen molar-refractivity contribution in [1.82, 2.24) is 0 Å². The van der Waals surface area contributed by atoms with E-state index in [-0.39, 0.29) is 0 Å². The van der Waals surface area contributed by atoms with Gasteiger partial charge in [0.25, 0.3) is 0 Å². The standard InChI is InChI=1S/C34H25N5OS/c1-40-27-22-20-24(21-23-27)35-32-38(25-12-4-2-5-13-25)33-30-18-10-8-16-28(30)29-17-9-11-19-31(29)34(33,41-32)37-39(36-33)26-14-6-3-7-15-26/h2-23H,1H3/t33-,34+/m0/s1. The molecule has 8 rings (SSSR count). The first kappa shape index (κ1) is 24.0. The number of fused-ring (bicyclic) bond motifs is 3. The molecule has 0 unspecified atom stereocenters. The van der Waals surface area contributed by atoms with Gasteiger partial charge in [-0.05, 0) is 58.7 Å². The van der Waals surface area contributed by atoms with Gasteiger partial charge in [-0.2, -0.15) is 10.5 Å². The molecular formula is C34H25N5OS. The lowest BCUT2D eigenvalue weighted by Crippen LogP contribution is -2.52. The van der Waals surface area contributed by atoms with Crippen LogP contribution in [0.4, 0.5) is 17.1 Å². The third kappa shape index (κ3) is 3.36. The van der Waals surface area contributed by atoms with Gasteiger partial charge in [0.05, 0.1) is 12.8 Å². The van der Waals surface area contributed by atoms with Crippen molar-refractivity contribution in [2.24, 2.45) is 10.1 Å². The Bertz CT molecular complexity index is 1840. The first-order chi connectivity index (χ1) is 20.2. The summed E-state index contributed by atoms with van der Waals surface area (Å²) in [7, 11) is 1.67. The SMILES string of the molecule is COc1ccc(N=C2S[C@@]34[N-][N+](c5ccccc5)=N[C@@]3(c3ccccc3-c3ccccc34)N2c2ccccc2)cc1. The number of methoxy groups -OCH3 is 1. The van der Waals surface area contributed by atoms with E-state index in [1.54, 1.807) is 18.9 Å². The van der Waals surface area contributed by atoms with Crippen LogP contribution >= 0.6 is 11.8 Å². The number of anilines is 1. The molecule has 0 saturated carbocycles. The second kappa shape index (κ2) is 9.08. The summed E-state index contributed by atoms with van der Waals surface area (Å²) >= 11 is 1.66. The zero-order valence-electron chi connectivity index (χ0n) is 22.3. The first-order valence-corrected chi connectivity index (χ1v) is 14.3. The second-order valence-corrected chi connectivity index (χ2v) is 11.3. The summed E-state index contributed by atoms with van der Waals surface area (Å²) in [6.45, 7) is 0. The summed E-state index contributed by atoms with van der Waals surface area (Å²) in [5, 5.41) is 6.38. The first-order valence-electron chi connectivity index (χ1n) is 13.5. The van der Waals surface area contributed by atoms with Crippen molar-refractivity contribution in [2.75, 3.05) is 12.0 Å². The highest BCUT2D eigenvalue weighted by molar-refractivity contribution is 8.15. The molecule has 1 fully saturated rings. The van der Waals surface area contributed by atoms with E-state index in [4.69, 9.17) is 20.3 Å². The summed E-state index contributed by atoms with van der Waals surface area (Å²) in [5.74, 6) is 0.794. The monoisotopic (exact) mass is 551 g/mol. The third-order valence-corrected chi connectivity index (χ3v) is 9.22. The smallest absolute Gasteiger partial charge is 0.225 e. The van der Waals surface area contributed by atoms with Gasteiger partial charge in [-0.1, -0.05) is 96.7 Å². The Balaban J connectivity index is 1.46. The Labute approximate surface area is 242 Å². The Kier molecular flexibility index (Phi) is 5.30. The zero-order valence-corrected chi connectivity index (χ0v) is 23.1. The fourth-order valence-corrected chi connectivity index (χ4v) is 7.65. The molecule has 0 radical (unpaired) electrons. The number of nitrogens with zero attached hydrogens (tertiary/aromatic N) is 5. The average molecular weight is 552 g/mol. The third-order valence-electron chi connectivity index (χ3n) is 7.89. The molecule has 0 bridgehead atoms. The molecule has 2 heterocycles. The van der Waals surface area contributed by atoms with Crippen LogP contribution in [0.5, 0.6) is 5.75 Å². The lowest BCUT2D eigenvalue weighted by molar-refractivity contribution is -0.455. The van der Waals surface area contributed by atoms with E-state index in [1.165, 1.54) is 5.56 Å². The minimum absolute atomic E-state index is 0.794. The van der Waals surface area contributed by atoms with E-state index in [1.807, 2.05) is 53.3 Å². The Morgan fingerprint density at radius 3 is 2.05 bits per heavy atom. The molecule has 0 amide bonds. The number of azo groups is 1. The zero-order chi connectivity index (χ0) is 27.4. The molecule has 0 aromatic heterocycles. The normalized spacial score (nSPS) is 22.7. The number of benzene rings is 5. The van der Waals surface area contributed by atoms with E-state index < -0.39 is 10.5 Å². The number of thioether (sulfide) groups is 1. The molecule has 5 aromatic carbocycles. The van der Waals surface area contributed by atoms with Crippen molar-refractivity contribution in [3.05, 3.63) is 150 Å². The van der Waals surface area contributed by atoms with E-state index >= 15 is 0 Å². The summed E-state index contributed by atoms with van der Waals surface area (Å²) in [4.78, 5) is 8.52. The van der Waals surface area contributed by atoms with Gasteiger partial charge in [0.2, 0.25) is 5.69 Å². The Hall–Kier alpha value is -4.88. The summed E-state index contributed by atoms with van der Waals surface area (Å²) < 4.78 is 5.40. The minimum Gasteiger partial charge on any atom is -0.497 e. The van der Waals surface area contributed by atoms with Crippen LogP contribution in [-0.2, 0) is 10.5 Å². The molecule has 3 aliphatic rings. The van der Waals surface area contributed by atoms with Gasteiger partial charge in [0, 0.05) is 17.8 Å². The van der Waals surface area contributed by atoms with Gasteiger partial charge in [-0.15, -0.1) is 4.81 Å². The fourth-order valence-electron chi connectivity index (χ4n) is 6.11. The van der Waals surface area contributed by atoms with Crippen molar-refractivity contribution in [2.45, 2.75) is 10.5 Å². The van der Waals surface area contributed by atoms with Crippen LogP contribution in [0.3, 0.4) is 0 Å². The van der Waals surface area contributed by atoms with Crippen LogP contribution in [0.15, 0.2) is 144 Å². The number of ether oxygens (including phenoxy) is 1. The highest BCUT2D eigenvalue weighted by atomic mass is 32.2. The average Bonchev–Trinajstić information content (AvgIpc) is 3.53. The van der Waals surface area contributed by atoms with Crippen LogP contribution in [0.25, 0.3) is 16.6 Å². The van der Waals surface area contributed by atoms with Gasteiger partial charge in [-0.25, -0.2) is 4.99 Å². The predicted octanol–water partition coefficient (Wildman–Crippen LogP) is 8.72. The predicted molar refractivity (Wildman–Crippen MR) is 164 cm³/mol. The highest BCUT2D eigenvalue weighted by Gasteiger charge is 2.70. The second-order valence-electron chi connectivity index (χ2n) is 10.1. The molecule has 2 aliphatic heterocycles. The number of aliphatic imine (C=N–C) groups is 1. The Morgan fingerprint density at radius 2 is 1.34 bits per heavy atom. The van der Waals surface area contributed by atoms with Crippen molar-refractivity contribution in [1.29, 1.82) is 0 Å². The van der Waals surface area contributed by atoms with Crippen molar-refractivity contribution >= 4 is 34.0 Å². The maximum absolute atomic E-state index is 5.55. The van der Waals surface area contributed by atoms with Gasteiger partial charge < -0.3 is 9.64 Å². The number of amidine groups is 1. The van der Waals surface area contributed by atoms with Gasteiger partial charge >= 0.3 is 0 Å². The van der Waals surface area contributed by atoms with Crippen molar-refractivity contribution in [3.63, 3.8) is 0 Å². The number of para-hydroxylation sites is 2. The fraction of sp³-hybridized carbons (Fsp3) is 0.0882. The molecule has 0 spiro atoms. The maximum Gasteiger partial charge on any atom is 0.225 e. The van der Waals surface area contributed by atoms with Crippen LogP contribution in [-0.4, -0.2) is 17.1 Å². The quantitative estimate of drug-likeness (QED) is 0.210. The number of rotatable bonds is 4. The molecule has 1 saturated heterocycles. The topological polar surface area (TPSA) is 54.3 Å². The molecule has 198 valence electrons. The van der Waals surface area contributed by atoms with Crippen LogP contribution < -0.4 is 9.64 Å². The number of hydrogen-bond donors (Lipinski definition) is 0. The van der Waals surface area contributed by atoms with E-state index in [9.17, 15) is 0 Å². The van der Waals surface area contributed by atoms with Crippen molar-refractivity contribution < 1.29 is 9.54 Å². The Morgan fingerprint density at radius 1 is 0.732 bits per heavy atom. The van der Waals surface area contributed by atoms with Crippen LogP contribution in [0.2, 0.25) is 0 Å². The molecule has 6 nitrogen and oxygen atoms in total. The minimum atomic E-state index is -0.925. The molecule has 5 aromatic rings.